The standard InChI is InChI=1S/C14H18BrClN2O/c1-17-6-8-18(9-7-17)5-4-14(19)12-3-2-11(15)10-13(12)16/h2-3,10H,4-9H2,1H3. The van der Waals surface area contributed by atoms with Gasteiger partial charge in [0.1, 0.15) is 0 Å². The van der Waals surface area contributed by atoms with E-state index in [0.29, 0.717) is 17.0 Å². The van der Waals surface area contributed by atoms with Gasteiger partial charge in [-0.05, 0) is 25.2 Å². The maximum atomic E-state index is 12.1. The minimum atomic E-state index is 0.122. The number of hydrogen-bond acceptors (Lipinski definition) is 3. The molecule has 0 aliphatic carbocycles. The Labute approximate surface area is 127 Å². The topological polar surface area (TPSA) is 23.6 Å². The van der Waals surface area contributed by atoms with Crippen LogP contribution >= 0.6 is 27.5 Å². The first kappa shape index (κ1) is 15.0. The largest absolute Gasteiger partial charge is 0.304 e. The van der Waals surface area contributed by atoms with Crippen molar-refractivity contribution >= 4 is 33.3 Å². The third kappa shape index (κ3) is 4.28. The number of halogens is 2. The fourth-order valence-corrected chi connectivity index (χ4v) is 2.96. The van der Waals surface area contributed by atoms with Crippen LogP contribution in [0.15, 0.2) is 22.7 Å². The zero-order valence-electron chi connectivity index (χ0n) is 11.0. The minimum Gasteiger partial charge on any atom is -0.304 e. The summed E-state index contributed by atoms with van der Waals surface area (Å²) >= 11 is 9.44. The van der Waals surface area contributed by atoms with Crippen molar-refractivity contribution < 1.29 is 4.79 Å². The normalized spacial score (nSPS) is 17.6. The number of piperazine rings is 1. The first-order chi connectivity index (χ1) is 9.06. The molecule has 1 aliphatic rings. The third-order valence-electron chi connectivity index (χ3n) is 3.48. The lowest BCUT2D eigenvalue weighted by atomic mass is 10.1. The average Bonchev–Trinajstić information content (AvgIpc) is 2.37. The van der Waals surface area contributed by atoms with Gasteiger partial charge in [-0.2, -0.15) is 0 Å². The molecule has 0 saturated carbocycles. The summed E-state index contributed by atoms with van der Waals surface area (Å²) in [6, 6.07) is 5.42. The smallest absolute Gasteiger partial charge is 0.165 e. The maximum Gasteiger partial charge on any atom is 0.165 e. The number of benzene rings is 1. The first-order valence-electron chi connectivity index (χ1n) is 6.45. The van der Waals surface area contributed by atoms with E-state index in [2.05, 4.69) is 32.8 Å². The molecular formula is C14H18BrClN2O. The molecule has 19 heavy (non-hydrogen) atoms. The highest BCUT2D eigenvalue weighted by atomic mass is 79.9. The second-order valence-corrected chi connectivity index (χ2v) is 6.27. The molecule has 1 aromatic rings. The highest BCUT2D eigenvalue weighted by Gasteiger charge is 2.16. The van der Waals surface area contributed by atoms with Crippen molar-refractivity contribution in [2.75, 3.05) is 39.8 Å². The second kappa shape index (κ2) is 6.84. The van der Waals surface area contributed by atoms with Gasteiger partial charge in [-0.1, -0.05) is 27.5 Å². The summed E-state index contributed by atoms with van der Waals surface area (Å²) in [5, 5.41) is 0.526. The minimum absolute atomic E-state index is 0.122. The summed E-state index contributed by atoms with van der Waals surface area (Å²) in [6.07, 6.45) is 0.533. The number of rotatable bonds is 4. The molecule has 0 radical (unpaired) electrons. The van der Waals surface area contributed by atoms with E-state index in [-0.39, 0.29) is 5.78 Å². The highest BCUT2D eigenvalue weighted by Crippen LogP contribution is 2.22. The molecule has 0 amide bonds. The number of Topliss-reactive ketones (excluding diaryl/α,β-unsaturated/α-hetero) is 1. The van der Waals surface area contributed by atoms with Crippen LogP contribution < -0.4 is 0 Å². The van der Waals surface area contributed by atoms with Crippen LogP contribution in [0.5, 0.6) is 0 Å². The maximum absolute atomic E-state index is 12.1. The van der Waals surface area contributed by atoms with Crippen LogP contribution in [-0.2, 0) is 0 Å². The second-order valence-electron chi connectivity index (χ2n) is 4.94. The Bertz CT molecular complexity index is 459. The highest BCUT2D eigenvalue weighted by molar-refractivity contribution is 9.10. The number of carbonyl (C=O) groups is 1. The number of carbonyl (C=O) groups excluding carboxylic acids is 1. The van der Waals surface area contributed by atoms with Gasteiger partial charge in [0.05, 0.1) is 5.02 Å². The summed E-state index contributed by atoms with van der Waals surface area (Å²) in [6.45, 7) is 5.05. The van der Waals surface area contributed by atoms with E-state index < -0.39 is 0 Å². The molecule has 0 atom stereocenters. The van der Waals surface area contributed by atoms with Crippen LogP contribution in [0, 0.1) is 0 Å². The van der Waals surface area contributed by atoms with Crippen molar-refractivity contribution in [1.29, 1.82) is 0 Å². The number of likely N-dealkylation sites (N-methyl/N-ethyl adjacent to an activating group) is 1. The van der Waals surface area contributed by atoms with Gasteiger partial charge in [0.15, 0.2) is 5.78 Å². The van der Waals surface area contributed by atoms with Crippen LogP contribution in [-0.4, -0.2) is 55.4 Å². The predicted molar refractivity (Wildman–Crippen MR) is 82.0 cm³/mol. The molecule has 0 aromatic heterocycles. The Morgan fingerprint density at radius 1 is 1.32 bits per heavy atom. The summed E-state index contributed by atoms with van der Waals surface area (Å²) in [5.74, 6) is 0.122. The van der Waals surface area contributed by atoms with Crippen molar-refractivity contribution in [2.24, 2.45) is 0 Å². The van der Waals surface area contributed by atoms with E-state index in [1.807, 2.05) is 6.07 Å². The molecule has 5 heteroatoms. The molecule has 0 N–H and O–H groups in total. The van der Waals surface area contributed by atoms with Crippen molar-refractivity contribution in [3.05, 3.63) is 33.3 Å². The van der Waals surface area contributed by atoms with Gasteiger partial charge in [-0.25, -0.2) is 0 Å². The van der Waals surface area contributed by atoms with E-state index >= 15 is 0 Å². The fourth-order valence-electron chi connectivity index (χ4n) is 2.18. The molecule has 0 unspecified atom stereocenters. The summed E-state index contributed by atoms with van der Waals surface area (Å²) in [4.78, 5) is 16.8. The van der Waals surface area contributed by atoms with E-state index in [4.69, 9.17) is 11.6 Å². The molecule has 1 aliphatic heterocycles. The zero-order valence-corrected chi connectivity index (χ0v) is 13.4. The Morgan fingerprint density at radius 3 is 2.63 bits per heavy atom. The quantitative estimate of drug-likeness (QED) is 0.784. The number of ketones is 1. The van der Waals surface area contributed by atoms with Crippen molar-refractivity contribution in [2.45, 2.75) is 6.42 Å². The molecule has 3 nitrogen and oxygen atoms in total. The van der Waals surface area contributed by atoms with Crippen molar-refractivity contribution in [3.8, 4) is 0 Å². The Kier molecular flexibility index (Phi) is 5.39. The lowest BCUT2D eigenvalue weighted by Gasteiger charge is -2.32. The van der Waals surface area contributed by atoms with Crippen LogP contribution in [0.2, 0.25) is 5.02 Å². The van der Waals surface area contributed by atoms with Gasteiger partial charge in [0.2, 0.25) is 0 Å². The SMILES string of the molecule is CN1CCN(CCC(=O)c2ccc(Br)cc2Cl)CC1. The molecular weight excluding hydrogens is 328 g/mol. The Hall–Kier alpha value is -0.420. The Balaban J connectivity index is 1.87. The molecule has 1 fully saturated rings. The molecule has 1 heterocycles. The van der Waals surface area contributed by atoms with Crippen molar-refractivity contribution in [3.63, 3.8) is 0 Å². The monoisotopic (exact) mass is 344 g/mol. The van der Waals surface area contributed by atoms with E-state index in [0.717, 1.165) is 37.2 Å². The van der Waals surface area contributed by atoms with Gasteiger partial charge in [-0.15, -0.1) is 0 Å². The molecule has 1 saturated heterocycles. The fraction of sp³-hybridized carbons (Fsp3) is 0.500. The van der Waals surface area contributed by atoms with E-state index in [1.165, 1.54) is 0 Å². The summed E-state index contributed by atoms with van der Waals surface area (Å²) in [7, 11) is 2.13. The van der Waals surface area contributed by atoms with Crippen molar-refractivity contribution in [1.82, 2.24) is 9.80 Å². The first-order valence-corrected chi connectivity index (χ1v) is 7.62. The van der Waals surface area contributed by atoms with Crippen LogP contribution in [0.25, 0.3) is 0 Å². The van der Waals surface area contributed by atoms with Gasteiger partial charge >= 0.3 is 0 Å². The molecule has 1 aromatic carbocycles. The molecule has 104 valence electrons. The molecule has 0 spiro atoms. The Morgan fingerprint density at radius 2 is 2.00 bits per heavy atom. The lowest BCUT2D eigenvalue weighted by Crippen LogP contribution is -2.45. The van der Waals surface area contributed by atoms with Gasteiger partial charge in [-0.3, -0.25) is 4.79 Å². The van der Waals surface area contributed by atoms with Gasteiger partial charge in [0.25, 0.3) is 0 Å². The van der Waals surface area contributed by atoms with E-state index in [1.54, 1.807) is 12.1 Å². The zero-order chi connectivity index (χ0) is 13.8. The van der Waals surface area contributed by atoms with Crippen LogP contribution in [0.1, 0.15) is 16.8 Å². The van der Waals surface area contributed by atoms with Gasteiger partial charge < -0.3 is 9.80 Å². The number of hydrogen-bond donors (Lipinski definition) is 0. The third-order valence-corrected chi connectivity index (χ3v) is 4.29. The predicted octanol–water partition coefficient (Wildman–Crippen LogP) is 2.92. The lowest BCUT2D eigenvalue weighted by molar-refractivity contribution is 0.0942. The summed E-state index contributed by atoms with van der Waals surface area (Å²) < 4.78 is 0.896. The van der Waals surface area contributed by atoms with Gasteiger partial charge in [0, 0.05) is 49.2 Å². The summed E-state index contributed by atoms with van der Waals surface area (Å²) in [5.41, 5.74) is 0.624. The van der Waals surface area contributed by atoms with E-state index in [9.17, 15) is 4.79 Å². The van der Waals surface area contributed by atoms with Crippen LogP contribution in [0.3, 0.4) is 0 Å². The molecule has 2 rings (SSSR count). The molecule has 0 bridgehead atoms. The van der Waals surface area contributed by atoms with Crippen LogP contribution in [0.4, 0.5) is 0 Å². The number of nitrogens with zero attached hydrogens (tertiary/aromatic N) is 2. The average molecular weight is 346 g/mol.